The molecule has 0 fully saturated rings. The van der Waals surface area contributed by atoms with Crippen LogP contribution in [0.5, 0.6) is 0 Å². The molecular formula is C12H11FN2O4. The summed E-state index contributed by atoms with van der Waals surface area (Å²) in [6, 6.07) is 2.10. The van der Waals surface area contributed by atoms with E-state index in [0.717, 1.165) is 12.1 Å². The third kappa shape index (κ3) is 1.99. The summed E-state index contributed by atoms with van der Waals surface area (Å²) in [5.74, 6) is -2.14. The summed E-state index contributed by atoms with van der Waals surface area (Å²) in [5.41, 5.74) is 5.83. The van der Waals surface area contributed by atoms with E-state index in [-0.39, 0.29) is 27.8 Å². The van der Waals surface area contributed by atoms with Crippen molar-refractivity contribution in [3.05, 3.63) is 29.1 Å². The maximum Gasteiger partial charge on any atom is 0.342 e. The zero-order valence-electron chi connectivity index (χ0n) is 10.2. The number of esters is 2. The maximum absolute atomic E-state index is 13.5. The molecule has 0 unspecified atom stereocenters. The van der Waals surface area contributed by atoms with Crippen molar-refractivity contribution in [3.63, 3.8) is 0 Å². The first-order valence-corrected chi connectivity index (χ1v) is 5.27. The van der Waals surface area contributed by atoms with Crippen LogP contribution in [0.25, 0.3) is 10.9 Å². The number of aromatic nitrogens is 1. The van der Waals surface area contributed by atoms with Crippen LogP contribution in [0.2, 0.25) is 0 Å². The van der Waals surface area contributed by atoms with E-state index in [1.807, 2.05) is 0 Å². The number of hydrogen-bond acceptors (Lipinski definition) is 5. The molecule has 0 aliphatic heterocycles. The van der Waals surface area contributed by atoms with Gasteiger partial charge in [0.1, 0.15) is 17.2 Å². The van der Waals surface area contributed by atoms with Gasteiger partial charge in [-0.1, -0.05) is 0 Å². The Morgan fingerprint density at radius 2 is 1.84 bits per heavy atom. The quantitative estimate of drug-likeness (QED) is 0.802. The first-order valence-electron chi connectivity index (χ1n) is 5.27. The molecule has 0 atom stereocenters. The van der Waals surface area contributed by atoms with Gasteiger partial charge in [0.25, 0.3) is 0 Å². The van der Waals surface area contributed by atoms with E-state index in [1.165, 1.54) is 14.2 Å². The van der Waals surface area contributed by atoms with Gasteiger partial charge >= 0.3 is 11.9 Å². The topological polar surface area (TPSA) is 94.4 Å². The monoisotopic (exact) mass is 266 g/mol. The van der Waals surface area contributed by atoms with Crippen molar-refractivity contribution in [3.8, 4) is 0 Å². The van der Waals surface area contributed by atoms with Crippen LogP contribution in [-0.4, -0.2) is 31.1 Å². The number of nitrogens with two attached hydrogens (primary N) is 1. The zero-order chi connectivity index (χ0) is 14.2. The first kappa shape index (κ1) is 12.9. The van der Waals surface area contributed by atoms with E-state index in [0.29, 0.717) is 0 Å². The third-order valence-electron chi connectivity index (χ3n) is 2.70. The second-order valence-corrected chi connectivity index (χ2v) is 3.77. The number of rotatable bonds is 2. The highest BCUT2D eigenvalue weighted by Gasteiger charge is 2.22. The number of anilines is 1. The average molecular weight is 266 g/mol. The molecule has 0 saturated heterocycles. The molecule has 7 heteroatoms. The predicted octanol–water partition coefficient (Wildman–Crippen LogP) is 1.46. The van der Waals surface area contributed by atoms with Crippen LogP contribution < -0.4 is 5.73 Å². The predicted molar refractivity (Wildman–Crippen MR) is 65.3 cm³/mol. The first-order chi connectivity index (χ1) is 8.99. The number of halogens is 1. The molecule has 1 heterocycles. The molecule has 0 aliphatic rings. The van der Waals surface area contributed by atoms with Crippen LogP contribution in [-0.2, 0) is 9.47 Å². The number of fused-ring (bicyclic) bond motifs is 1. The summed E-state index contributed by atoms with van der Waals surface area (Å²) in [5, 5.41) is 0.171. The van der Waals surface area contributed by atoms with E-state index < -0.39 is 17.8 Å². The van der Waals surface area contributed by atoms with E-state index in [2.05, 4.69) is 14.5 Å². The molecule has 2 aromatic rings. The number of hydrogen-bond donors (Lipinski definition) is 2. The van der Waals surface area contributed by atoms with Gasteiger partial charge in [0.2, 0.25) is 0 Å². The zero-order valence-corrected chi connectivity index (χ0v) is 10.2. The summed E-state index contributed by atoms with van der Waals surface area (Å²) >= 11 is 0. The summed E-state index contributed by atoms with van der Waals surface area (Å²) in [6.45, 7) is 0. The van der Waals surface area contributed by atoms with E-state index in [9.17, 15) is 14.0 Å². The van der Waals surface area contributed by atoms with Gasteiger partial charge in [-0.2, -0.15) is 0 Å². The molecule has 0 amide bonds. The fraction of sp³-hybridized carbons (Fsp3) is 0.167. The average Bonchev–Trinajstić information content (AvgIpc) is 2.72. The van der Waals surface area contributed by atoms with Crippen LogP contribution in [0.1, 0.15) is 20.7 Å². The number of ether oxygens (including phenoxy) is 2. The van der Waals surface area contributed by atoms with Gasteiger partial charge < -0.3 is 20.2 Å². The molecule has 3 N–H and O–H groups in total. The lowest BCUT2D eigenvalue weighted by Crippen LogP contribution is -2.04. The molecule has 1 aromatic carbocycles. The molecule has 0 saturated carbocycles. The second kappa shape index (κ2) is 4.60. The van der Waals surface area contributed by atoms with Crippen molar-refractivity contribution in [1.82, 2.24) is 4.98 Å². The number of H-pyrrole nitrogens is 1. The number of methoxy groups -OCH3 is 2. The molecule has 0 aliphatic carbocycles. The van der Waals surface area contributed by atoms with Crippen molar-refractivity contribution in [1.29, 1.82) is 0 Å². The van der Waals surface area contributed by atoms with Gasteiger partial charge in [-0.25, -0.2) is 14.0 Å². The number of aromatic amines is 1. The van der Waals surface area contributed by atoms with Crippen molar-refractivity contribution in [2.45, 2.75) is 0 Å². The molecular weight excluding hydrogens is 255 g/mol. The van der Waals surface area contributed by atoms with Crippen LogP contribution in [0.4, 0.5) is 10.2 Å². The highest BCUT2D eigenvalue weighted by atomic mass is 19.1. The Kier molecular flexibility index (Phi) is 3.12. The van der Waals surface area contributed by atoms with Gasteiger partial charge in [0.15, 0.2) is 0 Å². The molecule has 0 radical (unpaired) electrons. The van der Waals surface area contributed by atoms with Gasteiger partial charge in [-0.05, 0) is 12.1 Å². The van der Waals surface area contributed by atoms with E-state index >= 15 is 0 Å². The second-order valence-electron chi connectivity index (χ2n) is 3.77. The van der Waals surface area contributed by atoms with Crippen LogP contribution in [0.3, 0.4) is 0 Å². The standard InChI is InChI=1S/C12H11FN2O4/c1-18-11(16)7-4-5(13)3-6-8(12(17)19-2)10(14)15-9(6)7/h3-4,15H,14H2,1-2H3. The van der Waals surface area contributed by atoms with E-state index in [4.69, 9.17) is 5.73 Å². The smallest absolute Gasteiger partial charge is 0.342 e. The fourth-order valence-electron chi connectivity index (χ4n) is 1.87. The lowest BCUT2D eigenvalue weighted by molar-refractivity contribution is 0.0593. The highest BCUT2D eigenvalue weighted by Crippen LogP contribution is 2.29. The van der Waals surface area contributed by atoms with Gasteiger partial charge in [-0.3, -0.25) is 0 Å². The maximum atomic E-state index is 13.5. The number of nitrogen functional groups attached to an aromatic ring is 1. The number of carbonyl (C=O) groups excluding carboxylic acids is 2. The van der Waals surface area contributed by atoms with Gasteiger partial charge in [0.05, 0.1) is 25.3 Å². The van der Waals surface area contributed by atoms with Crippen molar-refractivity contribution in [2.75, 3.05) is 20.0 Å². The Labute approximate surface area is 107 Å². The molecule has 100 valence electrons. The summed E-state index contributed by atoms with van der Waals surface area (Å²) in [4.78, 5) is 25.8. The molecule has 1 aromatic heterocycles. The lowest BCUT2D eigenvalue weighted by Gasteiger charge is -2.02. The normalized spacial score (nSPS) is 10.5. The Morgan fingerprint density at radius 1 is 1.21 bits per heavy atom. The van der Waals surface area contributed by atoms with E-state index in [1.54, 1.807) is 0 Å². The van der Waals surface area contributed by atoms with Gasteiger partial charge in [0, 0.05) is 5.39 Å². The Bertz CT molecular complexity index is 678. The minimum Gasteiger partial charge on any atom is -0.465 e. The number of carbonyl (C=O) groups is 2. The van der Waals surface area contributed by atoms with Crippen LogP contribution >= 0.6 is 0 Å². The molecule has 19 heavy (non-hydrogen) atoms. The highest BCUT2D eigenvalue weighted by molar-refractivity contribution is 6.13. The summed E-state index contributed by atoms with van der Waals surface area (Å²) < 4.78 is 22.7. The summed E-state index contributed by atoms with van der Waals surface area (Å²) in [6.07, 6.45) is 0. The summed E-state index contributed by atoms with van der Waals surface area (Å²) in [7, 11) is 2.35. The minimum absolute atomic E-state index is 0.00222. The largest absolute Gasteiger partial charge is 0.465 e. The Morgan fingerprint density at radius 3 is 2.42 bits per heavy atom. The molecule has 0 spiro atoms. The third-order valence-corrected chi connectivity index (χ3v) is 2.70. The molecule has 0 bridgehead atoms. The minimum atomic E-state index is -0.734. The number of benzene rings is 1. The van der Waals surface area contributed by atoms with Crippen LogP contribution in [0.15, 0.2) is 12.1 Å². The van der Waals surface area contributed by atoms with Crippen LogP contribution in [0, 0.1) is 5.82 Å². The number of nitrogens with one attached hydrogen (secondary N) is 1. The SMILES string of the molecule is COC(=O)c1c(N)[nH]c2c(C(=O)OC)cc(F)cc12. The Balaban J connectivity index is 2.82. The molecule has 2 rings (SSSR count). The van der Waals surface area contributed by atoms with Gasteiger partial charge in [-0.15, -0.1) is 0 Å². The van der Waals surface area contributed by atoms with Crippen molar-refractivity contribution >= 4 is 28.7 Å². The Hall–Kier alpha value is -2.57. The fourth-order valence-corrected chi connectivity index (χ4v) is 1.87. The lowest BCUT2D eigenvalue weighted by atomic mass is 10.1. The molecule has 6 nitrogen and oxygen atoms in total. The van der Waals surface area contributed by atoms with Crippen molar-refractivity contribution in [2.24, 2.45) is 0 Å². The van der Waals surface area contributed by atoms with Crippen molar-refractivity contribution < 1.29 is 23.5 Å².